The van der Waals surface area contributed by atoms with Crippen LogP contribution in [0.2, 0.25) is 0 Å². The van der Waals surface area contributed by atoms with Gasteiger partial charge in [-0.25, -0.2) is 13.2 Å². The van der Waals surface area contributed by atoms with E-state index in [0.29, 0.717) is 21.9 Å². The summed E-state index contributed by atoms with van der Waals surface area (Å²) in [6, 6.07) is 9.64. The van der Waals surface area contributed by atoms with Crippen LogP contribution in [0.4, 0.5) is 5.69 Å². The number of methoxy groups -OCH3 is 1. The van der Waals surface area contributed by atoms with Crippen molar-refractivity contribution in [1.29, 1.82) is 0 Å². The number of anilines is 1. The number of nitrogens with zero attached hydrogens (tertiary/aromatic N) is 1. The van der Waals surface area contributed by atoms with Crippen molar-refractivity contribution < 1.29 is 17.9 Å². The third-order valence-corrected chi connectivity index (χ3v) is 6.36. The molecule has 0 amide bonds. The summed E-state index contributed by atoms with van der Waals surface area (Å²) >= 11 is 1.36. The van der Waals surface area contributed by atoms with Crippen LogP contribution < -0.4 is 10.3 Å². The molecule has 3 rings (SSSR count). The molecule has 7 nitrogen and oxygen atoms in total. The maximum absolute atomic E-state index is 12.9. The van der Waals surface area contributed by atoms with Crippen molar-refractivity contribution in [2.24, 2.45) is 0 Å². The normalized spacial score (nSPS) is 16.2. The summed E-state index contributed by atoms with van der Waals surface area (Å²) in [5.74, 6) is -0.397. The SMILES string of the molecule is COC(=O)[C@H]1CSc2cc(C)c(NS(=O)(=O)Cc3ccccc3)c(=O)n21. The molecule has 2 heterocycles. The summed E-state index contributed by atoms with van der Waals surface area (Å²) in [5.41, 5.74) is 0.538. The number of carbonyl (C=O) groups excluding carboxylic acids is 1. The first-order valence-corrected chi connectivity index (χ1v) is 10.5. The van der Waals surface area contributed by atoms with Crippen LogP contribution >= 0.6 is 11.8 Å². The number of hydrogen-bond donors (Lipinski definition) is 1. The number of ether oxygens (including phenoxy) is 1. The van der Waals surface area contributed by atoms with Gasteiger partial charge in [-0.3, -0.25) is 14.1 Å². The summed E-state index contributed by atoms with van der Waals surface area (Å²) in [6.07, 6.45) is 0. The molecule has 0 radical (unpaired) electrons. The molecule has 0 unspecified atom stereocenters. The number of benzene rings is 1. The molecular weight excluding hydrogens is 376 g/mol. The van der Waals surface area contributed by atoms with Crippen molar-refractivity contribution in [3.05, 3.63) is 57.9 Å². The molecule has 0 fully saturated rings. The number of thioether (sulfide) groups is 1. The quantitative estimate of drug-likeness (QED) is 0.779. The molecule has 1 aromatic heterocycles. The third kappa shape index (κ3) is 3.63. The van der Waals surface area contributed by atoms with Crippen LogP contribution in [0.25, 0.3) is 0 Å². The van der Waals surface area contributed by atoms with E-state index in [1.165, 1.54) is 23.4 Å². The molecule has 1 atom stereocenters. The lowest BCUT2D eigenvalue weighted by Crippen LogP contribution is -2.32. The number of rotatable bonds is 5. The van der Waals surface area contributed by atoms with E-state index in [-0.39, 0.29) is 11.4 Å². The molecule has 0 saturated carbocycles. The number of nitrogens with one attached hydrogen (secondary N) is 1. The van der Waals surface area contributed by atoms with Crippen LogP contribution in [0, 0.1) is 6.92 Å². The molecule has 2 aromatic rings. The monoisotopic (exact) mass is 394 g/mol. The predicted octanol–water partition coefficient (Wildman–Crippen LogP) is 1.92. The Morgan fingerprint density at radius 2 is 2.04 bits per heavy atom. The van der Waals surface area contributed by atoms with Crippen LogP contribution in [0.5, 0.6) is 0 Å². The van der Waals surface area contributed by atoms with Crippen molar-refractivity contribution in [1.82, 2.24) is 4.57 Å². The molecule has 0 bridgehead atoms. The number of aromatic nitrogens is 1. The summed E-state index contributed by atoms with van der Waals surface area (Å²) in [7, 11) is -2.52. The third-order valence-electron chi connectivity index (χ3n) is 4.04. The van der Waals surface area contributed by atoms with Crippen molar-refractivity contribution in [2.45, 2.75) is 23.7 Å². The minimum absolute atomic E-state index is 0.0407. The second-order valence-electron chi connectivity index (χ2n) is 5.91. The molecule has 0 saturated heterocycles. The zero-order valence-electron chi connectivity index (χ0n) is 14.3. The van der Waals surface area contributed by atoms with Gasteiger partial charge in [-0.15, -0.1) is 11.8 Å². The first kappa shape index (κ1) is 18.5. The number of aryl methyl sites for hydroxylation is 1. The molecule has 1 N–H and O–H groups in total. The lowest BCUT2D eigenvalue weighted by Gasteiger charge is -2.15. The van der Waals surface area contributed by atoms with Crippen LogP contribution in [0.15, 0.2) is 46.2 Å². The second-order valence-corrected chi connectivity index (χ2v) is 8.68. The Morgan fingerprint density at radius 3 is 2.69 bits per heavy atom. The van der Waals surface area contributed by atoms with E-state index < -0.39 is 27.6 Å². The fourth-order valence-electron chi connectivity index (χ4n) is 2.78. The highest BCUT2D eigenvalue weighted by molar-refractivity contribution is 7.99. The summed E-state index contributed by atoms with van der Waals surface area (Å²) in [4.78, 5) is 24.8. The van der Waals surface area contributed by atoms with E-state index in [1.54, 1.807) is 43.3 Å². The maximum atomic E-state index is 12.9. The van der Waals surface area contributed by atoms with Crippen molar-refractivity contribution in [3.63, 3.8) is 0 Å². The van der Waals surface area contributed by atoms with Gasteiger partial charge in [0.15, 0.2) is 0 Å². The molecule has 0 spiro atoms. The molecule has 1 aliphatic heterocycles. The van der Waals surface area contributed by atoms with Crippen LogP contribution in [0.1, 0.15) is 17.2 Å². The summed E-state index contributed by atoms with van der Waals surface area (Å²) < 4.78 is 33.4. The van der Waals surface area contributed by atoms with Gasteiger partial charge in [-0.1, -0.05) is 30.3 Å². The smallest absolute Gasteiger partial charge is 0.329 e. The number of sulfonamides is 1. The second kappa shape index (κ2) is 7.16. The minimum Gasteiger partial charge on any atom is -0.467 e. The number of carbonyl (C=O) groups is 1. The fraction of sp³-hybridized carbons (Fsp3) is 0.294. The summed E-state index contributed by atoms with van der Waals surface area (Å²) in [6.45, 7) is 1.66. The lowest BCUT2D eigenvalue weighted by molar-refractivity contribution is -0.143. The van der Waals surface area contributed by atoms with Gasteiger partial charge < -0.3 is 4.74 Å². The molecule has 138 valence electrons. The van der Waals surface area contributed by atoms with Gasteiger partial charge in [0.1, 0.15) is 11.7 Å². The largest absolute Gasteiger partial charge is 0.467 e. The molecule has 1 aliphatic rings. The molecular formula is C17H18N2O5S2. The van der Waals surface area contributed by atoms with Gasteiger partial charge in [0.25, 0.3) is 5.56 Å². The highest BCUT2D eigenvalue weighted by atomic mass is 32.2. The average Bonchev–Trinajstić information content (AvgIpc) is 3.02. The van der Waals surface area contributed by atoms with Crippen molar-refractivity contribution in [3.8, 4) is 0 Å². The topological polar surface area (TPSA) is 94.5 Å². The van der Waals surface area contributed by atoms with Crippen molar-refractivity contribution >= 4 is 33.4 Å². The zero-order valence-corrected chi connectivity index (χ0v) is 15.9. The van der Waals surface area contributed by atoms with Crippen LogP contribution in [-0.2, 0) is 25.3 Å². The van der Waals surface area contributed by atoms with Gasteiger partial charge in [0.2, 0.25) is 10.0 Å². The first-order valence-electron chi connectivity index (χ1n) is 7.83. The fourth-order valence-corrected chi connectivity index (χ4v) is 5.27. The van der Waals surface area contributed by atoms with Gasteiger partial charge in [0, 0.05) is 5.75 Å². The Morgan fingerprint density at radius 1 is 1.35 bits per heavy atom. The maximum Gasteiger partial charge on any atom is 0.329 e. The van der Waals surface area contributed by atoms with Crippen LogP contribution in [-0.4, -0.2) is 31.8 Å². The molecule has 0 aliphatic carbocycles. The molecule has 26 heavy (non-hydrogen) atoms. The van der Waals surface area contributed by atoms with E-state index in [2.05, 4.69) is 4.72 Å². The van der Waals surface area contributed by atoms with Gasteiger partial charge in [-0.05, 0) is 24.1 Å². The summed E-state index contributed by atoms with van der Waals surface area (Å²) in [5, 5.41) is 0.619. The average molecular weight is 394 g/mol. The number of hydrogen-bond acceptors (Lipinski definition) is 6. The Bertz CT molecular complexity index is 1000. The highest BCUT2D eigenvalue weighted by Crippen LogP contribution is 2.34. The lowest BCUT2D eigenvalue weighted by atomic mass is 10.2. The van der Waals surface area contributed by atoms with Crippen molar-refractivity contribution in [2.75, 3.05) is 17.6 Å². The minimum atomic E-state index is -3.78. The first-order chi connectivity index (χ1) is 12.3. The number of fused-ring (bicyclic) bond motifs is 1. The Hall–Kier alpha value is -2.26. The highest BCUT2D eigenvalue weighted by Gasteiger charge is 2.32. The predicted molar refractivity (Wildman–Crippen MR) is 99.9 cm³/mol. The van der Waals surface area contributed by atoms with E-state index in [4.69, 9.17) is 4.74 Å². The van der Waals surface area contributed by atoms with E-state index in [1.807, 2.05) is 0 Å². The van der Waals surface area contributed by atoms with Gasteiger partial charge >= 0.3 is 5.97 Å². The van der Waals surface area contributed by atoms with Gasteiger partial charge in [-0.2, -0.15) is 0 Å². The van der Waals surface area contributed by atoms with E-state index in [9.17, 15) is 18.0 Å². The van der Waals surface area contributed by atoms with Gasteiger partial charge in [0.05, 0.1) is 17.9 Å². The standard InChI is InChI=1S/C17H18N2O5S2/c1-11-8-14-19(13(9-25-14)17(21)24-2)16(20)15(11)18-26(22,23)10-12-6-4-3-5-7-12/h3-8,13,18H,9-10H2,1-2H3/t13-/m1/s1. The van der Waals surface area contributed by atoms with E-state index in [0.717, 1.165) is 0 Å². The number of pyridine rings is 1. The van der Waals surface area contributed by atoms with E-state index >= 15 is 0 Å². The number of esters is 1. The zero-order chi connectivity index (χ0) is 18.9. The molecule has 1 aromatic carbocycles. The Balaban J connectivity index is 1.96. The Labute approximate surface area is 155 Å². The van der Waals surface area contributed by atoms with Crippen LogP contribution in [0.3, 0.4) is 0 Å². The molecule has 9 heteroatoms. The Kier molecular flexibility index (Phi) is 5.10.